The van der Waals surface area contributed by atoms with E-state index in [0.29, 0.717) is 28.9 Å². The summed E-state index contributed by atoms with van der Waals surface area (Å²) in [6.07, 6.45) is 5.55. The number of aryl methyl sites for hydroxylation is 2. The van der Waals surface area contributed by atoms with Crippen molar-refractivity contribution in [3.63, 3.8) is 0 Å². The molecule has 0 bridgehead atoms. The van der Waals surface area contributed by atoms with Gasteiger partial charge in [-0.1, -0.05) is 0 Å². The average molecular weight is 454 g/mol. The SMILES string of the molecule is COc1c(-c2cnn(C)c2)cc(N(C)c2ccc(SC)cc2F)nc1Nc1cc(C)[nH]n1. The van der Waals surface area contributed by atoms with Crippen molar-refractivity contribution in [2.45, 2.75) is 11.8 Å². The molecule has 8 nitrogen and oxygen atoms in total. The fourth-order valence-electron chi connectivity index (χ4n) is 3.37. The molecule has 0 aliphatic carbocycles. The molecule has 0 radical (unpaired) electrons. The zero-order valence-corrected chi connectivity index (χ0v) is 19.3. The molecule has 0 aliphatic rings. The van der Waals surface area contributed by atoms with Gasteiger partial charge in [-0.25, -0.2) is 9.37 Å². The molecule has 32 heavy (non-hydrogen) atoms. The van der Waals surface area contributed by atoms with E-state index in [1.165, 1.54) is 17.8 Å². The van der Waals surface area contributed by atoms with Gasteiger partial charge in [0.2, 0.25) is 0 Å². The van der Waals surface area contributed by atoms with Crippen LogP contribution in [0.15, 0.2) is 47.6 Å². The Morgan fingerprint density at radius 1 is 1.25 bits per heavy atom. The van der Waals surface area contributed by atoms with Crippen molar-refractivity contribution in [3.8, 4) is 16.9 Å². The van der Waals surface area contributed by atoms with E-state index >= 15 is 0 Å². The van der Waals surface area contributed by atoms with E-state index in [9.17, 15) is 4.39 Å². The van der Waals surface area contributed by atoms with Crippen molar-refractivity contribution >= 4 is 34.9 Å². The summed E-state index contributed by atoms with van der Waals surface area (Å²) in [6, 6.07) is 8.88. The van der Waals surface area contributed by atoms with E-state index in [0.717, 1.165) is 21.7 Å². The Hall–Kier alpha value is -3.53. The third-order valence-corrected chi connectivity index (χ3v) is 5.72. The van der Waals surface area contributed by atoms with Gasteiger partial charge in [-0.3, -0.25) is 9.78 Å². The van der Waals surface area contributed by atoms with Crippen molar-refractivity contribution in [1.29, 1.82) is 0 Å². The smallest absolute Gasteiger partial charge is 0.177 e. The summed E-state index contributed by atoms with van der Waals surface area (Å²) in [7, 11) is 5.21. The number of ether oxygens (including phenoxy) is 1. The lowest BCUT2D eigenvalue weighted by molar-refractivity contribution is 0.417. The Morgan fingerprint density at radius 3 is 2.66 bits per heavy atom. The highest BCUT2D eigenvalue weighted by Crippen LogP contribution is 2.40. The van der Waals surface area contributed by atoms with Crippen LogP contribution in [0.5, 0.6) is 5.75 Å². The molecule has 2 N–H and O–H groups in total. The highest BCUT2D eigenvalue weighted by molar-refractivity contribution is 7.98. The van der Waals surface area contributed by atoms with Crippen LogP contribution in [-0.2, 0) is 7.05 Å². The zero-order chi connectivity index (χ0) is 22.8. The van der Waals surface area contributed by atoms with Gasteiger partial charge in [-0.2, -0.15) is 10.2 Å². The quantitative estimate of drug-likeness (QED) is 0.385. The number of benzene rings is 1. The predicted molar refractivity (Wildman–Crippen MR) is 126 cm³/mol. The Morgan fingerprint density at radius 2 is 2.06 bits per heavy atom. The molecule has 0 saturated heterocycles. The Labute approximate surface area is 189 Å². The molecule has 166 valence electrons. The van der Waals surface area contributed by atoms with Crippen LogP contribution >= 0.6 is 11.8 Å². The first-order chi connectivity index (χ1) is 15.4. The van der Waals surface area contributed by atoms with Crippen LogP contribution in [0.3, 0.4) is 0 Å². The second-order valence-corrected chi connectivity index (χ2v) is 8.13. The highest BCUT2D eigenvalue weighted by atomic mass is 32.2. The third-order valence-electron chi connectivity index (χ3n) is 4.99. The van der Waals surface area contributed by atoms with Gasteiger partial charge in [0.25, 0.3) is 0 Å². The van der Waals surface area contributed by atoms with E-state index in [1.807, 2.05) is 44.6 Å². The minimum atomic E-state index is -0.322. The number of H-pyrrole nitrogens is 1. The van der Waals surface area contributed by atoms with Crippen LogP contribution in [0.4, 0.5) is 27.5 Å². The number of methoxy groups -OCH3 is 1. The molecule has 0 amide bonds. The van der Waals surface area contributed by atoms with Crippen molar-refractivity contribution in [2.24, 2.45) is 7.05 Å². The first kappa shape index (κ1) is 21.7. The van der Waals surface area contributed by atoms with E-state index in [-0.39, 0.29) is 5.82 Å². The molecule has 3 heterocycles. The van der Waals surface area contributed by atoms with Crippen molar-refractivity contribution in [2.75, 3.05) is 30.6 Å². The molecule has 10 heteroatoms. The number of anilines is 4. The van der Waals surface area contributed by atoms with Gasteiger partial charge in [-0.05, 0) is 37.4 Å². The molecule has 0 spiro atoms. The van der Waals surface area contributed by atoms with Gasteiger partial charge >= 0.3 is 0 Å². The van der Waals surface area contributed by atoms with E-state index in [4.69, 9.17) is 9.72 Å². The fourth-order valence-corrected chi connectivity index (χ4v) is 3.80. The minimum absolute atomic E-state index is 0.322. The van der Waals surface area contributed by atoms with Gasteiger partial charge < -0.3 is 15.0 Å². The van der Waals surface area contributed by atoms with Crippen molar-refractivity contribution in [3.05, 3.63) is 54.2 Å². The van der Waals surface area contributed by atoms with Crippen LogP contribution < -0.4 is 15.0 Å². The van der Waals surface area contributed by atoms with Gasteiger partial charge in [0.15, 0.2) is 17.4 Å². The molecular weight excluding hydrogens is 429 g/mol. The topological polar surface area (TPSA) is 83.9 Å². The molecule has 0 fully saturated rings. The van der Waals surface area contributed by atoms with Crippen molar-refractivity contribution in [1.82, 2.24) is 25.0 Å². The highest BCUT2D eigenvalue weighted by Gasteiger charge is 2.20. The Kier molecular flexibility index (Phi) is 6.04. The van der Waals surface area contributed by atoms with E-state index in [1.54, 1.807) is 36.0 Å². The standard InChI is InChI=1S/C22H24FN7OS/c1-13-8-19(28-27-13)25-22-21(31-4)16(14-11-24-29(2)12-14)10-20(26-22)30(3)18-7-6-15(32-5)9-17(18)23/h6-12H,1-5H3,(H2,25,26,27,28). The zero-order valence-electron chi connectivity index (χ0n) is 18.5. The maximum absolute atomic E-state index is 14.8. The number of pyridine rings is 1. The molecule has 0 unspecified atom stereocenters. The number of hydrogen-bond acceptors (Lipinski definition) is 7. The summed E-state index contributed by atoms with van der Waals surface area (Å²) in [5.41, 5.74) is 2.94. The van der Waals surface area contributed by atoms with Crippen LogP contribution in [0.2, 0.25) is 0 Å². The monoisotopic (exact) mass is 453 g/mol. The molecule has 0 aliphatic heterocycles. The second-order valence-electron chi connectivity index (χ2n) is 7.25. The Bertz CT molecular complexity index is 1250. The van der Waals surface area contributed by atoms with Crippen molar-refractivity contribution < 1.29 is 9.13 Å². The van der Waals surface area contributed by atoms with Crippen LogP contribution in [0.1, 0.15) is 5.69 Å². The van der Waals surface area contributed by atoms with E-state index < -0.39 is 0 Å². The summed E-state index contributed by atoms with van der Waals surface area (Å²) >= 11 is 1.49. The fraction of sp³-hybridized carbons (Fsp3) is 0.227. The largest absolute Gasteiger partial charge is 0.492 e. The maximum atomic E-state index is 14.8. The molecule has 1 aromatic carbocycles. The van der Waals surface area contributed by atoms with Gasteiger partial charge in [0, 0.05) is 48.1 Å². The Balaban J connectivity index is 1.85. The number of halogens is 1. The summed E-state index contributed by atoms with van der Waals surface area (Å²) < 4.78 is 22.3. The lowest BCUT2D eigenvalue weighted by Gasteiger charge is -2.22. The summed E-state index contributed by atoms with van der Waals surface area (Å²) in [5, 5.41) is 14.6. The number of hydrogen-bond donors (Lipinski definition) is 2. The predicted octanol–water partition coefficient (Wildman–Crippen LogP) is 4.89. The molecule has 0 atom stereocenters. The van der Waals surface area contributed by atoms with Gasteiger partial charge in [0.05, 0.1) is 19.0 Å². The van der Waals surface area contributed by atoms with Gasteiger partial charge in [-0.15, -0.1) is 11.8 Å². The lowest BCUT2D eigenvalue weighted by atomic mass is 10.1. The van der Waals surface area contributed by atoms with Gasteiger partial charge in [0.1, 0.15) is 11.6 Å². The minimum Gasteiger partial charge on any atom is -0.492 e. The molecule has 3 aromatic heterocycles. The lowest BCUT2D eigenvalue weighted by Crippen LogP contribution is -2.14. The molecular formula is C22H24FN7OS. The van der Waals surface area contributed by atoms with Crippen LogP contribution in [0.25, 0.3) is 11.1 Å². The number of nitrogens with zero attached hydrogens (tertiary/aromatic N) is 5. The maximum Gasteiger partial charge on any atom is 0.177 e. The average Bonchev–Trinajstić information content (AvgIpc) is 3.40. The van der Waals surface area contributed by atoms with Crippen LogP contribution in [0, 0.1) is 12.7 Å². The number of aromatic amines is 1. The number of thioether (sulfide) groups is 1. The van der Waals surface area contributed by atoms with E-state index in [2.05, 4.69) is 20.6 Å². The number of rotatable bonds is 7. The normalized spacial score (nSPS) is 10.9. The number of nitrogens with one attached hydrogen (secondary N) is 2. The third kappa shape index (κ3) is 4.26. The first-order valence-corrected chi connectivity index (χ1v) is 11.1. The van der Waals surface area contributed by atoms with Crippen LogP contribution in [-0.4, -0.2) is 45.4 Å². The summed E-state index contributed by atoms with van der Waals surface area (Å²) in [6.45, 7) is 1.91. The molecule has 4 aromatic rings. The summed E-state index contributed by atoms with van der Waals surface area (Å²) in [5.74, 6) is 1.81. The second kappa shape index (κ2) is 8.91. The summed E-state index contributed by atoms with van der Waals surface area (Å²) in [4.78, 5) is 7.30. The number of aromatic nitrogens is 5. The molecule has 4 rings (SSSR count). The molecule has 0 saturated carbocycles. The first-order valence-electron chi connectivity index (χ1n) is 9.84.